The minimum absolute atomic E-state index is 0.0235. The van der Waals surface area contributed by atoms with Gasteiger partial charge in [-0.1, -0.05) is 28.1 Å². The number of hydrazone groups is 1. The van der Waals surface area contributed by atoms with Crippen molar-refractivity contribution < 1.29 is 18.6 Å². The third-order valence-electron chi connectivity index (χ3n) is 3.62. The first-order valence-corrected chi connectivity index (χ1v) is 9.94. The van der Waals surface area contributed by atoms with E-state index in [1.165, 1.54) is 23.4 Å². The highest BCUT2D eigenvalue weighted by molar-refractivity contribution is 9.10. The van der Waals surface area contributed by atoms with Crippen LogP contribution < -0.4 is 0 Å². The van der Waals surface area contributed by atoms with Crippen LogP contribution in [0.2, 0.25) is 0 Å². The van der Waals surface area contributed by atoms with Gasteiger partial charge in [-0.15, -0.1) is 4.40 Å². The van der Waals surface area contributed by atoms with E-state index in [9.17, 15) is 18.6 Å². The van der Waals surface area contributed by atoms with Gasteiger partial charge < -0.3 is 10.2 Å². The molecule has 0 radical (unpaired) electrons. The van der Waals surface area contributed by atoms with Gasteiger partial charge >= 0.3 is 0 Å². The predicted octanol–water partition coefficient (Wildman–Crippen LogP) is 2.32. The number of sulfonamides is 1. The highest BCUT2D eigenvalue weighted by atomic mass is 79.9. The second-order valence-electron chi connectivity index (χ2n) is 5.76. The number of phenols is 1. The number of aliphatic hydroxyl groups is 1. The van der Waals surface area contributed by atoms with Gasteiger partial charge in [-0.05, 0) is 37.3 Å². The Labute approximate surface area is 159 Å². The van der Waals surface area contributed by atoms with Gasteiger partial charge in [-0.25, -0.2) is 5.01 Å². The minimum atomic E-state index is -3.80. The predicted molar refractivity (Wildman–Crippen MR) is 102 cm³/mol. The van der Waals surface area contributed by atoms with Crippen LogP contribution in [0.1, 0.15) is 18.1 Å². The summed E-state index contributed by atoms with van der Waals surface area (Å²) >= 11 is 3.32. The summed E-state index contributed by atoms with van der Waals surface area (Å²) in [5.41, 5.74) is 0.855. The molecule has 1 aliphatic rings. The molecule has 0 aliphatic carbocycles. The highest BCUT2D eigenvalue weighted by Crippen LogP contribution is 2.28. The summed E-state index contributed by atoms with van der Waals surface area (Å²) in [6.45, 7) is 1.60. The fourth-order valence-corrected chi connectivity index (χ4v) is 4.06. The molecule has 136 valence electrons. The second kappa shape index (κ2) is 7.18. The normalized spacial score (nSPS) is 16.3. The van der Waals surface area contributed by atoms with Crippen molar-refractivity contribution in [1.82, 2.24) is 5.01 Å². The van der Waals surface area contributed by atoms with Gasteiger partial charge in [0.05, 0.1) is 18.9 Å². The molecule has 0 unspecified atom stereocenters. The number of nitrogens with zero attached hydrogens (tertiary/aromatic N) is 3. The van der Waals surface area contributed by atoms with Crippen molar-refractivity contribution in [1.29, 1.82) is 0 Å². The average Bonchev–Trinajstić information content (AvgIpc) is 2.86. The summed E-state index contributed by atoms with van der Waals surface area (Å²) in [5.74, 6) is 0.155. The number of rotatable bonds is 4. The number of fused-ring (bicyclic) bond motifs is 1. The van der Waals surface area contributed by atoms with Crippen LogP contribution in [0.3, 0.4) is 0 Å². The first kappa shape index (κ1) is 18.6. The van der Waals surface area contributed by atoms with E-state index in [4.69, 9.17) is 0 Å². The Kier molecular flexibility index (Phi) is 5.12. The van der Waals surface area contributed by atoms with Gasteiger partial charge in [0.2, 0.25) is 0 Å². The van der Waals surface area contributed by atoms with E-state index in [1.54, 1.807) is 37.3 Å². The van der Waals surface area contributed by atoms with E-state index in [0.717, 1.165) is 4.47 Å². The molecule has 0 spiro atoms. The zero-order valence-corrected chi connectivity index (χ0v) is 16.1. The van der Waals surface area contributed by atoms with Crippen molar-refractivity contribution >= 4 is 38.0 Å². The third-order valence-corrected chi connectivity index (χ3v) is 5.44. The van der Waals surface area contributed by atoms with Crippen LogP contribution in [0.25, 0.3) is 0 Å². The summed E-state index contributed by atoms with van der Waals surface area (Å²) in [5, 5.41) is 25.3. The van der Waals surface area contributed by atoms with Crippen LogP contribution in [0.4, 0.5) is 0 Å². The van der Waals surface area contributed by atoms with Gasteiger partial charge in [0.15, 0.2) is 5.84 Å². The lowest BCUT2D eigenvalue weighted by Crippen LogP contribution is -2.32. The molecule has 9 heteroatoms. The van der Waals surface area contributed by atoms with E-state index in [0.29, 0.717) is 11.1 Å². The molecule has 2 aromatic rings. The lowest BCUT2D eigenvalue weighted by atomic mass is 10.2. The second-order valence-corrected chi connectivity index (χ2v) is 8.25. The topological polar surface area (TPSA) is 103 Å². The number of benzene rings is 2. The Morgan fingerprint density at radius 2 is 2.04 bits per heavy atom. The first-order chi connectivity index (χ1) is 12.3. The standard InChI is InChI=1S/C17H16BrN3O4S/c1-11(22)10-21(19-9-12-8-13(18)6-7-15(12)23)17-14-4-2-3-5-16(14)26(24,25)20-17/h2-9,11,22-23H,10H2,1H3/b19-9-/t11-/m1/s1. The molecular weight excluding hydrogens is 422 g/mol. The van der Waals surface area contributed by atoms with Crippen LogP contribution >= 0.6 is 15.9 Å². The molecule has 1 atom stereocenters. The fourth-order valence-electron chi connectivity index (χ4n) is 2.47. The minimum Gasteiger partial charge on any atom is -0.507 e. The molecule has 0 saturated carbocycles. The van der Waals surface area contributed by atoms with E-state index in [1.807, 2.05) is 0 Å². The summed E-state index contributed by atoms with van der Waals surface area (Å²) in [4.78, 5) is 0.103. The number of hydrogen-bond acceptors (Lipinski definition) is 6. The van der Waals surface area contributed by atoms with Gasteiger partial charge in [0, 0.05) is 15.6 Å². The van der Waals surface area contributed by atoms with Crippen LogP contribution in [-0.4, -0.2) is 48.3 Å². The Hall–Kier alpha value is -2.23. The number of aromatic hydroxyl groups is 1. The van der Waals surface area contributed by atoms with Crippen LogP contribution in [0, 0.1) is 0 Å². The molecule has 1 aliphatic heterocycles. The zero-order valence-electron chi connectivity index (χ0n) is 13.7. The van der Waals surface area contributed by atoms with Crippen molar-refractivity contribution in [3.05, 3.63) is 58.1 Å². The lowest BCUT2D eigenvalue weighted by molar-refractivity contribution is 0.161. The number of amidine groups is 1. The lowest BCUT2D eigenvalue weighted by Gasteiger charge is -2.20. The summed E-state index contributed by atoms with van der Waals surface area (Å²) in [6, 6.07) is 11.3. The van der Waals surface area contributed by atoms with Crippen molar-refractivity contribution in [2.45, 2.75) is 17.9 Å². The van der Waals surface area contributed by atoms with Crippen LogP contribution in [-0.2, 0) is 10.0 Å². The summed E-state index contributed by atoms with van der Waals surface area (Å²) in [6.07, 6.45) is 0.611. The van der Waals surface area contributed by atoms with Crippen LogP contribution in [0.15, 0.2) is 61.3 Å². The molecule has 1 heterocycles. The van der Waals surface area contributed by atoms with Crippen molar-refractivity contribution in [3.8, 4) is 5.75 Å². The molecule has 3 rings (SSSR count). The molecular formula is C17H16BrN3O4S. The summed E-state index contributed by atoms with van der Waals surface area (Å²) < 4.78 is 29.1. The molecule has 0 fully saturated rings. The number of phenolic OH excluding ortho intramolecular Hbond substituents is 1. The average molecular weight is 438 g/mol. The van der Waals surface area contributed by atoms with Crippen LogP contribution in [0.5, 0.6) is 5.75 Å². The highest BCUT2D eigenvalue weighted by Gasteiger charge is 2.32. The molecule has 7 nitrogen and oxygen atoms in total. The largest absolute Gasteiger partial charge is 0.507 e. The number of hydrogen-bond donors (Lipinski definition) is 2. The molecule has 2 aromatic carbocycles. The molecule has 26 heavy (non-hydrogen) atoms. The Morgan fingerprint density at radius 1 is 1.31 bits per heavy atom. The maximum atomic E-state index is 12.3. The molecule has 2 N–H and O–H groups in total. The third kappa shape index (κ3) is 3.79. The smallest absolute Gasteiger partial charge is 0.285 e. The van der Waals surface area contributed by atoms with Gasteiger partial charge in [-0.3, -0.25) is 0 Å². The van der Waals surface area contributed by atoms with Gasteiger partial charge in [0.1, 0.15) is 10.6 Å². The number of aliphatic hydroxyl groups excluding tert-OH is 1. The molecule has 0 saturated heterocycles. The Morgan fingerprint density at radius 3 is 2.77 bits per heavy atom. The number of halogens is 1. The Balaban J connectivity index is 2.03. The SMILES string of the molecule is C[C@@H](O)CN(/N=C\c1cc(Br)ccc1O)C1=NS(=O)(=O)c2ccccc21. The summed E-state index contributed by atoms with van der Waals surface area (Å²) in [7, 11) is -3.80. The van der Waals surface area contributed by atoms with Crippen molar-refractivity contribution in [2.24, 2.45) is 9.50 Å². The van der Waals surface area contributed by atoms with E-state index in [2.05, 4.69) is 25.4 Å². The van der Waals surface area contributed by atoms with Gasteiger partial charge in [-0.2, -0.15) is 13.5 Å². The monoisotopic (exact) mass is 437 g/mol. The zero-order chi connectivity index (χ0) is 18.9. The maximum absolute atomic E-state index is 12.3. The maximum Gasteiger partial charge on any atom is 0.285 e. The molecule has 0 amide bonds. The Bertz CT molecular complexity index is 1000. The first-order valence-electron chi connectivity index (χ1n) is 7.70. The fraction of sp³-hybridized carbons (Fsp3) is 0.176. The quantitative estimate of drug-likeness (QED) is 0.564. The molecule has 0 aromatic heterocycles. The molecule has 0 bridgehead atoms. The van der Waals surface area contributed by atoms with Crippen molar-refractivity contribution in [2.75, 3.05) is 6.54 Å². The van der Waals surface area contributed by atoms with E-state index in [-0.39, 0.29) is 23.0 Å². The van der Waals surface area contributed by atoms with E-state index >= 15 is 0 Å². The van der Waals surface area contributed by atoms with Gasteiger partial charge in [0.25, 0.3) is 10.0 Å². The van der Waals surface area contributed by atoms with Crippen molar-refractivity contribution in [3.63, 3.8) is 0 Å². The van der Waals surface area contributed by atoms with E-state index < -0.39 is 16.1 Å².